The molecule has 0 amide bonds. The van der Waals surface area contributed by atoms with Crippen LogP contribution in [0.15, 0.2) is 186 Å². The maximum absolute atomic E-state index is 9.89. The second-order valence-corrected chi connectivity index (χ2v) is 14.3. The molecule has 0 N–H and O–H groups in total. The molecule has 0 aliphatic heterocycles. The molecule has 0 spiro atoms. The Kier molecular flexibility index (Phi) is 7.48. The Morgan fingerprint density at radius 3 is 1.56 bits per heavy atom. The van der Waals surface area contributed by atoms with Crippen molar-refractivity contribution in [2.75, 3.05) is 0 Å². The Hall–Kier alpha value is -7.94. The second kappa shape index (κ2) is 13.1. The molecule has 5 nitrogen and oxygen atoms in total. The first-order valence-corrected chi connectivity index (χ1v) is 18.9. The van der Waals surface area contributed by atoms with Crippen LogP contribution in [-0.2, 0) is 0 Å². The van der Waals surface area contributed by atoms with E-state index in [9.17, 15) is 5.26 Å². The van der Waals surface area contributed by atoms with E-state index in [0.717, 1.165) is 66.3 Å². The molecule has 57 heavy (non-hydrogen) atoms. The number of rotatable bonds is 5. The zero-order valence-electron chi connectivity index (χ0n) is 30.5. The number of nitriles is 1. The minimum Gasteiger partial charge on any atom is -0.456 e. The third-order valence-corrected chi connectivity index (χ3v) is 11.0. The van der Waals surface area contributed by atoms with Crippen LogP contribution < -0.4 is 0 Å². The number of benzene rings is 9. The van der Waals surface area contributed by atoms with Crippen molar-refractivity contribution in [2.24, 2.45) is 0 Å². The third kappa shape index (κ3) is 5.43. The summed E-state index contributed by atoms with van der Waals surface area (Å²) in [6.45, 7) is 0. The predicted molar refractivity (Wildman–Crippen MR) is 232 cm³/mol. The van der Waals surface area contributed by atoms with Gasteiger partial charge in [-0.2, -0.15) is 5.26 Å². The van der Waals surface area contributed by atoms with Gasteiger partial charge < -0.3 is 4.42 Å². The van der Waals surface area contributed by atoms with E-state index in [1.807, 2.05) is 72.8 Å². The molecule has 0 saturated carbocycles. The lowest BCUT2D eigenvalue weighted by atomic mass is 9.93. The van der Waals surface area contributed by atoms with Gasteiger partial charge in [0.2, 0.25) is 0 Å². The lowest BCUT2D eigenvalue weighted by Crippen LogP contribution is -2.00. The van der Waals surface area contributed by atoms with Gasteiger partial charge in [0.15, 0.2) is 17.5 Å². The Morgan fingerprint density at radius 2 is 0.860 bits per heavy atom. The molecule has 2 heterocycles. The van der Waals surface area contributed by atoms with Gasteiger partial charge >= 0.3 is 0 Å². The highest BCUT2D eigenvalue weighted by Crippen LogP contribution is 2.40. The van der Waals surface area contributed by atoms with Crippen LogP contribution in [0.4, 0.5) is 0 Å². The molecular weight excluding hydrogens is 697 g/mol. The maximum atomic E-state index is 9.89. The first kappa shape index (κ1) is 32.5. The van der Waals surface area contributed by atoms with Gasteiger partial charge in [0, 0.05) is 27.5 Å². The average Bonchev–Trinajstić information content (AvgIpc) is 3.67. The summed E-state index contributed by atoms with van der Waals surface area (Å²) >= 11 is 0. The predicted octanol–water partition coefficient (Wildman–Crippen LogP) is 13.4. The van der Waals surface area contributed by atoms with E-state index in [2.05, 4.69) is 115 Å². The third-order valence-electron chi connectivity index (χ3n) is 11.0. The van der Waals surface area contributed by atoms with Crippen LogP contribution in [0.3, 0.4) is 0 Å². The van der Waals surface area contributed by atoms with Gasteiger partial charge in [0.05, 0.1) is 11.6 Å². The van der Waals surface area contributed by atoms with E-state index in [4.69, 9.17) is 19.4 Å². The van der Waals surface area contributed by atoms with E-state index in [0.29, 0.717) is 23.0 Å². The summed E-state index contributed by atoms with van der Waals surface area (Å²) in [7, 11) is 0. The second-order valence-electron chi connectivity index (χ2n) is 14.3. The summed E-state index contributed by atoms with van der Waals surface area (Å²) in [6, 6.07) is 64.5. The Labute approximate surface area is 327 Å². The Morgan fingerprint density at radius 1 is 0.351 bits per heavy atom. The summed E-state index contributed by atoms with van der Waals surface area (Å²) in [5, 5.41) is 19.1. The molecule has 0 bridgehead atoms. The molecule has 0 unspecified atom stereocenters. The molecule has 0 radical (unpaired) electrons. The SMILES string of the molecule is N#Cc1ccccc1-c1cccc(-c2nc(-c3ccc4c(c3)oc3cccc(-c5ccccc5)c34)nc(-c3ccc4c5ccccc5c5ccccc5c4c3)n2)c1. The normalized spacial score (nSPS) is 11.5. The fourth-order valence-corrected chi connectivity index (χ4v) is 8.29. The van der Waals surface area contributed by atoms with Gasteiger partial charge in [-0.1, -0.05) is 146 Å². The fourth-order valence-electron chi connectivity index (χ4n) is 8.29. The van der Waals surface area contributed by atoms with Crippen LogP contribution in [0.5, 0.6) is 0 Å². The molecule has 264 valence electrons. The van der Waals surface area contributed by atoms with E-state index < -0.39 is 0 Å². The fraction of sp³-hybridized carbons (Fsp3) is 0. The highest BCUT2D eigenvalue weighted by atomic mass is 16.3. The minimum atomic E-state index is 0.533. The number of aromatic nitrogens is 3. The van der Waals surface area contributed by atoms with Crippen LogP contribution >= 0.6 is 0 Å². The molecule has 0 fully saturated rings. The van der Waals surface area contributed by atoms with Gasteiger partial charge in [0.25, 0.3) is 0 Å². The summed E-state index contributed by atoms with van der Waals surface area (Å²) in [5.41, 5.74) is 8.74. The van der Waals surface area contributed by atoms with Gasteiger partial charge in [-0.15, -0.1) is 0 Å². The van der Waals surface area contributed by atoms with Crippen LogP contribution in [-0.4, -0.2) is 15.0 Å². The van der Waals surface area contributed by atoms with Crippen LogP contribution in [0, 0.1) is 11.3 Å². The van der Waals surface area contributed by atoms with E-state index in [1.165, 1.54) is 26.9 Å². The van der Waals surface area contributed by atoms with Crippen molar-refractivity contribution in [3.8, 4) is 62.5 Å². The van der Waals surface area contributed by atoms with Crippen molar-refractivity contribution < 1.29 is 4.42 Å². The number of hydrogen-bond acceptors (Lipinski definition) is 5. The number of fused-ring (bicyclic) bond motifs is 9. The molecule has 0 saturated heterocycles. The van der Waals surface area contributed by atoms with Crippen molar-refractivity contribution in [1.29, 1.82) is 5.26 Å². The van der Waals surface area contributed by atoms with Crippen LogP contribution in [0.1, 0.15) is 5.56 Å². The number of nitrogens with zero attached hydrogens (tertiary/aromatic N) is 4. The van der Waals surface area contributed by atoms with Crippen molar-refractivity contribution in [1.82, 2.24) is 15.0 Å². The zero-order valence-corrected chi connectivity index (χ0v) is 30.5. The lowest BCUT2D eigenvalue weighted by Gasteiger charge is -2.13. The number of furan rings is 1. The minimum absolute atomic E-state index is 0.533. The van der Waals surface area contributed by atoms with Crippen molar-refractivity contribution in [3.05, 3.63) is 188 Å². The smallest absolute Gasteiger partial charge is 0.164 e. The first-order chi connectivity index (χ1) is 28.2. The quantitative estimate of drug-likeness (QED) is 0.165. The van der Waals surface area contributed by atoms with E-state index in [-0.39, 0.29) is 0 Å². The summed E-state index contributed by atoms with van der Waals surface area (Å²) in [5.74, 6) is 1.63. The molecule has 11 aromatic rings. The number of hydrogen-bond donors (Lipinski definition) is 0. The molecule has 0 aliphatic carbocycles. The first-order valence-electron chi connectivity index (χ1n) is 18.9. The van der Waals surface area contributed by atoms with Gasteiger partial charge in [-0.25, -0.2) is 15.0 Å². The standard InChI is InChI=1S/C52H30N4O/c53-31-37-14-4-5-17-38(37)33-15-10-16-34(28-33)50-54-51(35-24-26-44-42-20-7-6-18-40(42)41-19-8-9-21-43(41)46(44)29-35)56-52(55-50)36-25-27-45-48(30-36)57-47-23-11-22-39(49(45)47)32-12-2-1-3-13-32/h1-30H. The molecule has 0 aliphatic rings. The summed E-state index contributed by atoms with van der Waals surface area (Å²) < 4.78 is 6.52. The summed E-state index contributed by atoms with van der Waals surface area (Å²) in [4.78, 5) is 15.5. The topological polar surface area (TPSA) is 75.6 Å². The highest BCUT2D eigenvalue weighted by molar-refractivity contribution is 6.25. The van der Waals surface area contributed by atoms with Crippen molar-refractivity contribution in [3.63, 3.8) is 0 Å². The maximum Gasteiger partial charge on any atom is 0.164 e. The van der Waals surface area contributed by atoms with E-state index >= 15 is 0 Å². The van der Waals surface area contributed by atoms with Gasteiger partial charge in [-0.3, -0.25) is 0 Å². The lowest BCUT2D eigenvalue weighted by molar-refractivity contribution is 0.669. The van der Waals surface area contributed by atoms with Crippen molar-refractivity contribution >= 4 is 54.3 Å². The highest BCUT2D eigenvalue weighted by Gasteiger charge is 2.18. The molecule has 9 aromatic carbocycles. The molecule has 0 atom stereocenters. The van der Waals surface area contributed by atoms with Crippen LogP contribution in [0.25, 0.3) is 111 Å². The molecule has 11 rings (SSSR count). The largest absolute Gasteiger partial charge is 0.456 e. The van der Waals surface area contributed by atoms with E-state index in [1.54, 1.807) is 0 Å². The molecular formula is C52H30N4O. The Balaban J connectivity index is 1.12. The molecule has 5 heteroatoms. The van der Waals surface area contributed by atoms with Gasteiger partial charge in [0.1, 0.15) is 11.2 Å². The Bertz CT molecular complexity index is 3400. The monoisotopic (exact) mass is 726 g/mol. The average molecular weight is 727 g/mol. The van der Waals surface area contributed by atoms with Crippen LogP contribution in [0.2, 0.25) is 0 Å². The molecule has 2 aromatic heterocycles. The van der Waals surface area contributed by atoms with Gasteiger partial charge in [-0.05, 0) is 91.0 Å². The van der Waals surface area contributed by atoms with Crippen molar-refractivity contribution in [2.45, 2.75) is 0 Å². The zero-order chi connectivity index (χ0) is 37.9. The summed E-state index contributed by atoms with van der Waals surface area (Å²) in [6.07, 6.45) is 0.